The number of amides is 2. The smallest absolute Gasteiger partial charge is 0.227 e. The molecule has 3 unspecified atom stereocenters. The van der Waals surface area contributed by atoms with Crippen molar-refractivity contribution < 1.29 is 28.9 Å². The molecule has 6 N–H and O–H groups in total. The number of hydrogen-bond donors (Lipinski definition) is 4. The van der Waals surface area contributed by atoms with Crippen molar-refractivity contribution in [1.29, 1.82) is 0 Å². The van der Waals surface area contributed by atoms with Crippen molar-refractivity contribution in [2.75, 3.05) is 45.0 Å². The van der Waals surface area contributed by atoms with E-state index < -0.39 is 12.1 Å². The minimum atomic E-state index is -0.778. The number of methoxy groups -OCH3 is 1. The van der Waals surface area contributed by atoms with Gasteiger partial charge in [-0.15, -0.1) is 0 Å². The van der Waals surface area contributed by atoms with Crippen LogP contribution in [0.25, 0.3) is 11.4 Å². The van der Waals surface area contributed by atoms with Gasteiger partial charge >= 0.3 is 0 Å². The Morgan fingerprint density at radius 3 is 2.26 bits per heavy atom. The van der Waals surface area contributed by atoms with Gasteiger partial charge in [0.25, 0.3) is 0 Å². The van der Waals surface area contributed by atoms with Crippen molar-refractivity contribution in [1.82, 2.24) is 10.3 Å². The molecule has 0 aromatic heterocycles. The standard InChI is InChI=1S/C30H41N5O6.3C2H6/c1-3-25-30(38)24(19-41-25)35(32)29-21-9-5-4-8-20(21)18-34(23-11-7-6-10-22(23)28(29)31)27(37)13-12-26(36)33-14-15-40-17-16-39-2;3*1-2/h4-11,24-25,30,38H,3,12-19,31-32H2,1-2H3,(H,33,36);3*1-2H3/b29-28-;;;. The summed E-state index contributed by atoms with van der Waals surface area (Å²) in [6.45, 7) is 16.2. The Morgan fingerprint density at radius 1 is 0.979 bits per heavy atom. The summed E-state index contributed by atoms with van der Waals surface area (Å²) in [7, 11) is 1.60. The molecule has 1 saturated heterocycles. The Labute approximate surface area is 282 Å². The minimum Gasteiger partial charge on any atom is -0.396 e. The fraction of sp³-hybridized carbons (Fsp3) is 0.556. The Bertz CT molecular complexity index is 1240. The maximum atomic E-state index is 13.6. The second-order valence-corrected chi connectivity index (χ2v) is 10.1. The molecule has 2 aliphatic rings. The van der Waals surface area contributed by atoms with Crippen molar-refractivity contribution in [3.63, 3.8) is 0 Å². The van der Waals surface area contributed by atoms with Crippen LogP contribution in [0, 0.1) is 0 Å². The van der Waals surface area contributed by atoms with E-state index in [4.69, 9.17) is 25.8 Å². The second-order valence-electron chi connectivity index (χ2n) is 10.1. The molecule has 0 radical (unpaired) electrons. The average molecular weight is 658 g/mol. The van der Waals surface area contributed by atoms with Crippen LogP contribution in [-0.4, -0.2) is 80.3 Å². The van der Waals surface area contributed by atoms with Gasteiger partial charge < -0.3 is 40.3 Å². The first-order valence-electron chi connectivity index (χ1n) is 17.0. The van der Waals surface area contributed by atoms with E-state index in [1.165, 1.54) is 5.01 Å². The predicted molar refractivity (Wildman–Crippen MR) is 190 cm³/mol. The zero-order valence-electron chi connectivity index (χ0n) is 29.8. The van der Waals surface area contributed by atoms with E-state index in [0.717, 1.165) is 11.1 Å². The van der Waals surface area contributed by atoms with E-state index in [1.54, 1.807) is 12.0 Å². The average Bonchev–Trinajstić information content (AvgIpc) is 3.50. The molecule has 4 rings (SSSR count). The van der Waals surface area contributed by atoms with E-state index in [9.17, 15) is 14.7 Å². The van der Waals surface area contributed by atoms with Gasteiger partial charge in [0.1, 0.15) is 6.10 Å². The first-order chi connectivity index (χ1) is 22.9. The van der Waals surface area contributed by atoms with Crippen molar-refractivity contribution in [2.45, 2.75) is 92.5 Å². The number of benzene rings is 2. The number of nitrogens with one attached hydrogen (secondary N) is 1. The van der Waals surface area contributed by atoms with Crippen LogP contribution in [0.3, 0.4) is 0 Å². The van der Waals surface area contributed by atoms with Crippen molar-refractivity contribution in [2.24, 2.45) is 11.6 Å². The normalized spacial score (nSPS) is 19.5. The van der Waals surface area contributed by atoms with Gasteiger partial charge in [-0.2, -0.15) is 0 Å². The molecule has 2 heterocycles. The monoisotopic (exact) mass is 657 g/mol. The molecule has 11 heteroatoms. The van der Waals surface area contributed by atoms with Crippen LogP contribution in [-0.2, 0) is 30.3 Å². The molecule has 3 atom stereocenters. The molecule has 2 aliphatic heterocycles. The molecular formula is C36H59N5O6. The number of hydrogen-bond acceptors (Lipinski definition) is 9. The number of para-hydroxylation sites is 1. The first-order valence-corrected chi connectivity index (χ1v) is 17.0. The van der Waals surface area contributed by atoms with E-state index in [2.05, 4.69) is 5.32 Å². The summed E-state index contributed by atoms with van der Waals surface area (Å²) < 4.78 is 16.1. The van der Waals surface area contributed by atoms with Crippen LogP contribution >= 0.6 is 0 Å². The molecule has 2 amide bonds. The number of carbonyl (C=O) groups is 2. The van der Waals surface area contributed by atoms with Crippen LogP contribution in [0.5, 0.6) is 0 Å². The number of carbonyl (C=O) groups excluding carboxylic acids is 2. The lowest BCUT2D eigenvalue weighted by Gasteiger charge is -2.35. The number of aliphatic hydroxyl groups is 1. The summed E-state index contributed by atoms with van der Waals surface area (Å²) in [6, 6.07) is 14.5. The fourth-order valence-corrected chi connectivity index (χ4v) is 5.24. The highest BCUT2D eigenvalue weighted by Crippen LogP contribution is 2.38. The lowest BCUT2D eigenvalue weighted by molar-refractivity contribution is -0.125. The van der Waals surface area contributed by atoms with E-state index in [-0.39, 0.29) is 43.9 Å². The van der Waals surface area contributed by atoms with Crippen molar-refractivity contribution in [3.8, 4) is 0 Å². The van der Waals surface area contributed by atoms with Crippen LogP contribution < -0.4 is 21.8 Å². The highest BCUT2D eigenvalue weighted by molar-refractivity contribution is 6.01. The van der Waals surface area contributed by atoms with Crippen molar-refractivity contribution in [3.05, 3.63) is 65.2 Å². The van der Waals surface area contributed by atoms with Gasteiger partial charge in [-0.25, -0.2) is 5.84 Å². The number of nitrogens with two attached hydrogens (primary N) is 2. The summed E-state index contributed by atoms with van der Waals surface area (Å²) in [4.78, 5) is 27.7. The Morgan fingerprint density at radius 2 is 1.62 bits per heavy atom. The Hall–Kier alpha value is -3.48. The first kappa shape index (κ1) is 41.5. The number of ether oxygens (including phenoxy) is 3. The molecule has 264 valence electrons. The lowest BCUT2D eigenvalue weighted by atomic mass is 9.94. The van der Waals surface area contributed by atoms with Crippen LogP contribution in [0.2, 0.25) is 0 Å². The highest BCUT2D eigenvalue weighted by atomic mass is 16.5. The molecule has 1 fully saturated rings. The molecule has 47 heavy (non-hydrogen) atoms. The summed E-state index contributed by atoms with van der Waals surface area (Å²) in [5.74, 6) is 6.28. The summed E-state index contributed by atoms with van der Waals surface area (Å²) in [6.07, 6.45) is -0.355. The summed E-state index contributed by atoms with van der Waals surface area (Å²) in [5, 5.41) is 15.2. The van der Waals surface area contributed by atoms with Crippen LogP contribution in [0.4, 0.5) is 5.69 Å². The maximum absolute atomic E-state index is 13.6. The second kappa shape index (κ2) is 22.9. The number of rotatable bonds is 12. The molecule has 0 saturated carbocycles. The summed E-state index contributed by atoms with van der Waals surface area (Å²) in [5.41, 5.74) is 10.7. The number of nitrogens with zero attached hydrogens (tertiary/aromatic N) is 2. The quantitative estimate of drug-likeness (QED) is 0.145. The molecule has 2 aromatic carbocycles. The minimum absolute atomic E-state index is 0.0242. The molecule has 11 nitrogen and oxygen atoms in total. The van der Waals surface area contributed by atoms with E-state index in [1.807, 2.05) is 97.0 Å². The molecular weight excluding hydrogens is 598 g/mol. The Kier molecular flexibility index (Phi) is 20.3. The number of anilines is 1. The van der Waals surface area contributed by atoms with E-state index in [0.29, 0.717) is 55.4 Å². The maximum Gasteiger partial charge on any atom is 0.227 e. The van der Waals surface area contributed by atoms with E-state index >= 15 is 0 Å². The molecule has 2 aromatic rings. The predicted octanol–water partition coefficient (Wildman–Crippen LogP) is 4.67. The SMILES string of the molecule is CC.CC.CC.CCC1OCC(N(N)/C2=C(\N)c3ccccc3N(C(=O)CCC(=O)NCCOCCOC)Cc3ccccc32)C1O. The Balaban J connectivity index is 0.00000174. The zero-order valence-corrected chi connectivity index (χ0v) is 29.8. The highest BCUT2D eigenvalue weighted by Gasteiger charge is 2.40. The van der Waals surface area contributed by atoms with Crippen molar-refractivity contribution >= 4 is 28.9 Å². The van der Waals surface area contributed by atoms with Gasteiger partial charge in [0.05, 0.1) is 62.2 Å². The van der Waals surface area contributed by atoms with Gasteiger partial charge in [0, 0.05) is 37.6 Å². The zero-order chi connectivity index (χ0) is 35.4. The lowest BCUT2D eigenvalue weighted by Crippen LogP contribution is -2.48. The fourth-order valence-electron chi connectivity index (χ4n) is 5.24. The molecule has 0 spiro atoms. The van der Waals surface area contributed by atoms with Crippen LogP contribution in [0.1, 0.15) is 84.4 Å². The third kappa shape index (κ3) is 11.3. The third-order valence-corrected chi connectivity index (χ3v) is 7.48. The summed E-state index contributed by atoms with van der Waals surface area (Å²) >= 11 is 0. The van der Waals surface area contributed by atoms with Gasteiger partial charge in [0.2, 0.25) is 11.8 Å². The van der Waals surface area contributed by atoms with Gasteiger partial charge in [-0.3, -0.25) is 9.59 Å². The van der Waals surface area contributed by atoms with Gasteiger partial charge in [0.15, 0.2) is 0 Å². The topological polar surface area (TPSA) is 153 Å². The number of hydrazine groups is 1. The van der Waals surface area contributed by atoms with Gasteiger partial charge in [-0.1, -0.05) is 90.9 Å². The molecule has 0 aliphatic carbocycles. The molecule has 0 bridgehead atoms. The number of fused-ring (bicyclic) bond motifs is 2. The third-order valence-electron chi connectivity index (χ3n) is 7.48. The largest absolute Gasteiger partial charge is 0.396 e. The number of aliphatic hydroxyl groups excluding tert-OH is 1. The van der Waals surface area contributed by atoms with Crippen LogP contribution in [0.15, 0.2) is 48.5 Å². The van der Waals surface area contributed by atoms with Gasteiger partial charge in [-0.05, 0) is 18.1 Å².